The quantitative estimate of drug-likeness (QED) is 0.0887. The highest BCUT2D eigenvalue weighted by Crippen LogP contribution is 2.16. The minimum atomic E-state index is -4.35. The Morgan fingerprint density at radius 1 is 0.677 bits per heavy atom. The fourth-order valence-electron chi connectivity index (χ4n) is 3.99. The SMILES string of the molecule is CCCCCCCCCCCCCCC/C=C/C(CCCCCCC)COS(=O)(=O)O. The van der Waals surface area contributed by atoms with E-state index in [9.17, 15) is 8.42 Å². The third-order valence-corrected chi connectivity index (χ3v) is 6.43. The smallest absolute Gasteiger partial charge is 0.264 e. The first-order valence-corrected chi connectivity index (χ1v) is 14.6. The van der Waals surface area contributed by atoms with Crippen molar-refractivity contribution < 1.29 is 17.2 Å². The molecule has 0 radical (unpaired) electrons. The van der Waals surface area contributed by atoms with Crippen LogP contribution in [0.2, 0.25) is 0 Å². The summed E-state index contributed by atoms with van der Waals surface area (Å²) >= 11 is 0. The standard InChI is InChI=1S/C26H52O4S/c1-3-5-7-9-10-11-12-13-14-15-16-17-18-20-22-24-26(25-30-31(27,28)29)23-21-19-8-6-4-2/h22,24,26H,3-21,23,25H2,1-2H3,(H,27,28,29)/b24-22+. The Kier molecular flexibility index (Phi) is 22.5. The largest absolute Gasteiger partial charge is 0.397 e. The Labute approximate surface area is 194 Å². The molecule has 0 saturated heterocycles. The Bertz CT molecular complexity index is 488. The van der Waals surface area contributed by atoms with Crippen LogP contribution in [0.5, 0.6) is 0 Å². The topological polar surface area (TPSA) is 63.6 Å². The van der Waals surface area contributed by atoms with Gasteiger partial charge in [0.05, 0.1) is 6.61 Å². The van der Waals surface area contributed by atoms with Crippen LogP contribution in [0.1, 0.15) is 142 Å². The van der Waals surface area contributed by atoms with Crippen LogP contribution in [-0.2, 0) is 14.6 Å². The van der Waals surface area contributed by atoms with Crippen LogP contribution < -0.4 is 0 Å². The molecule has 0 fully saturated rings. The average molecular weight is 461 g/mol. The first-order valence-electron chi connectivity index (χ1n) is 13.3. The molecular formula is C26H52O4S. The molecule has 0 spiro atoms. The van der Waals surface area contributed by atoms with Gasteiger partial charge in [-0.05, 0) is 19.3 Å². The number of rotatable bonds is 24. The molecule has 0 aromatic heterocycles. The van der Waals surface area contributed by atoms with Crippen LogP contribution in [0.4, 0.5) is 0 Å². The molecule has 186 valence electrons. The van der Waals surface area contributed by atoms with Crippen molar-refractivity contribution in [3.05, 3.63) is 12.2 Å². The van der Waals surface area contributed by atoms with E-state index in [2.05, 4.69) is 30.2 Å². The lowest BCUT2D eigenvalue weighted by Crippen LogP contribution is -2.12. The summed E-state index contributed by atoms with van der Waals surface area (Å²) in [6.07, 6.45) is 29.8. The van der Waals surface area contributed by atoms with E-state index in [1.807, 2.05) is 0 Å². The minimum Gasteiger partial charge on any atom is -0.264 e. The third kappa shape index (κ3) is 25.7. The van der Waals surface area contributed by atoms with Gasteiger partial charge in [0.2, 0.25) is 0 Å². The Morgan fingerprint density at radius 3 is 1.55 bits per heavy atom. The summed E-state index contributed by atoms with van der Waals surface area (Å²) < 4.78 is 35.2. The number of unbranched alkanes of at least 4 members (excludes halogenated alkanes) is 17. The number of hydrogen-bond donors (Lipinski definition) is 1. The molecule has 4 nitrogen and oxygen atoms in total. The van der Waals surface area contributed by atoms with Gasteiger partial charge in [-0.1, -0.05) is 135 Å². The molecule has 1 unspecified atom stereocenters. The van der Waals surface area contributed by atoms with Gasteiger partial charge in [-0.2, -0.15) is 8.42 Å². The molecule has 0 aliphatic carbocycles. The molecule has 0 heterocycles. The van der Waals surface area contributed by atoms with Crippen LogP contribution >= 0.6 is 0 Å². The maximum atomic E-state index is 10.9. The van der Waals surface area contributed by atoms with E-state index in [0.29, 0.717) is 0 Å². The van der Waals surface area contributed by atoms with E-state index in [0.717, 1.165) is 19.3 Å². The lowest BCUT2D eigenvalue weighted by atomic mass is 10.00. The molecule has 0 saturated carbocycles. The maximum Gasteiger partial charge on any atom is 0.397 e. The van der Waals surface area contributed by atoms with Crippen molar-refractivity contribution >= 4 is 10.4 Å². The van der Waals surface area contributed by atoms with Crippen LogP contribution in [0, 0.1) is 5.92 Å². The van der Waals surface area contributed by atoms with Crippen LogP contribution in [0.3, 0.4) is 0 Å². The highest BCUT2D eigenvalue weighted by atomic mass is 32.3. The summed E-state index contributed by atoms with van der Waals surface area (Å²) in [5, 5.41) is 0. The summed E-state index contributed by atoms with van der Waals surface area (Å²) in [6.45, 7) is 4.51. The van der Waals surface area contributed by atoms with E-state index >= 15 is 0 Å². The zero-order chi connectivity index (χ0) is 23.0. The van der Waals surface area contributed by atoms with Crippen molar-refractivity contribution in [2.45, 2.75) is 142 Å². The zero-order valence-corrected chi connectivity index (χ0v) is 21.5. The van der Waals surface area contributed by atoms with Gasteiger partial charge in [-0.3, -0.25) is 4.55 Å². The van der Waals surface area contributed by atoms with Crippen LogP contribution in [0.25, 0.3) is 0 Å². The molecule has 0 aromatic carbocycles. The zero-order valence-electron chi connectivity index (χ0n) is 20.7. The normalized spacial score (nSPS) is 13.3. The second kappa shape index (κ2) is 22.8. The first kappa shape index (κ1) is 30.6. The predicted molar refractivity (Wildman–Crippen MR) is 134 cm³/mol. The first-order chi connectivity index (χ1) is 15.0. The molecule has 31 heavy (non-hydrogen) atoms. The van der Waals surface area contributed by atoms with Gasteiger partial charge in [0.25, 0.3) is 0 Å². The highest BCUT2D eigenvalue weighted by Gasteiger charge is 2.11. The summed E-state index contributed by atoms with van der Waals surface area (Å²) in [5.41, 5.74) is 0. The van der Waals surface area contributed by atoms with Crippen LogP contribution in [0.15, 0.2) is 12.2 Å². The molecule has 0 bridgehead atoms. The van der Waals surface area contributed by atoms with E-state index < -0.39 is 10.4 Å². The molecule has 5 heteroatoms. The predicted octanol–water partition coefficient (Wildman–Crippen LogP) is 8.82. The Morgan fingerprint density at radius 2 is 1.10 bits per heavy atom. The monoisotopic (exact) mass is 460 g/mol. The van der Waals surface area contributed by atoms with Gasteiger partial charge in [0.1, 0.15) is 0 Å². The van der Waals surface area contributed by atoms with Crippen LogP contribution in [-0.4, -0.2) is 19.6 Å². The van der Waals surface area contributed by atoms with Crippen molar-refractivity contribution in [1.82, 2.24) is 0 Å². The van der Waals surface area contributed by atoms with Crippen molar-refractivity contribution in [1.29, 1.82) is 0 Å². The molecule has 1 atom stereocenters. The third-order valence-electron chi connectivity index (χ3n) is 5.99. The molecule has 0 amide bonds. The molecule has 0 aliphatic rings. The highest BCUT2D eigenvalue weighted by molar-refractivity contribution is 7.80. The van der Waals surface area contributed by atoms with Gasteiger partial charge < -0.3 is 0 Å². The molecular weight excluding hydrogens is 408 g/mol. The fourth-order valence-corrected chi connectivity index (χ4v) is 4.33. The second-order valence-electron chi connectivity index (χ2n) is 9.13. The number of hydrogen-bond acceptors (Lipinski definition) is 3. The molecule has 0 rings (SSSR count). The van der Waals surface area contributed by atoms with E-state index in [4.69, 9.17) is 4.55 Å². The average Bonchev–Trinajstić information content (AvgIpc) is 2.73. The van der Waals surface area contributed by atoms with Crippen molar-refractivity contribution in [2.75, 3.05) is 6.61 Å². The second-order valence-corrected chi connectivity index (χ2v) is 10.2. The Hall–Kier alpha value is -0.390. The van der Waals surface area contributed by atoms with Crippen molar-refractivity contribution in [2.24, 2.45) is 5.92 Å². The van der Waals surface area contributed by atoms with Crippen molar-refractivity contribution in [3.8, 4) is 0 Å². The molecule has 0 aliphatic heterocycles. The number of allylic oxidation sites excluding steroid dienone is 1. The van der Waals surface area contributed by atoms with E-state index in [-0.39, 0.29) is 12.5 Å². The lowest BCUT2D eigenvalue weighted by Gasteiger charge is -2.12. The van der Waals surface area contributed by atoms with E-state index in [1.165, 1.54) is 109 Å². The maximum absolute atomic E-state index is 10.9. The summed E-state index contributed by atoms with van der Waals surface area (Å²) in [4.78, 5) is 0. The molecule has 1 N–H and O–H groups in total. The van der Waals surface area contributed by atoms with Gasteiger partial charge in [-0.25, -0.2) is 4.18 Å². The summed E-state index contributed by atoms with van der Waals surface area (Å²) in [5.74, 6) is 0.0607. The fraction of sp³-hybridized carbons (Fsp3) is 0.923. The summed E-state index contributed by atoms with van der Waals surface area (Å²) in [7, 11) is -4.35. The summed E-state index contributed by atoms with van der Waals surface area (Å²) in [6, 6.07) is 0. The molecule has 0 aromatic rings. The Balaban J connectivity index is 3.73. The lowest BCUT2D eigenvalue weighted by molar-refractivity contribution is 0.234. The van der Waals surface area contributed by atoms with Gasteiger partial charge in [0, 0.05) is 5.92 Å². The van der Waals surface area contributed by atoms with Gasteiger partial charge in [-0.15, -0.1) is 0 Å². The van der Waals surface area contributed by atoms with Crippen molar-refractivity contribution in [3.63, 3.8) is 0 Å². The van der Waals surface area contributed by atoms with Gasteiger partial charge in [0.15, 0.2) is 0 Å². The van der Waals surface area contributed by atoms with E-state index in [1.54, 1.807) is 0 Å². The van der Waals surface area contributed by atoms with Gasteiger partial charge >= 0.3 is 10.4 Å². The minimum absolute atomic E-state index is 0.0434.